The third kappa shape index (κ3) is 3.86. The second kappa shape index (κ2) is 7.20. The minimum atomic E-state index is 0.115. The van der Waals surface area contributed by atoms with Crippen LogP contribution in [0.15, 0.2) is 12.3 Å². The quantitative estimate of drug-likeness (QED) is 0.861. The van der Waals surface area contributed by atoms with Crippen LogP contribution in [0.25, 0.3) is 0 Å². The van der Waals surface area contributed by atoms with Gasteiger partial charge in [-0.3, -0.25) is 0 Å². The molecule has 1 unspecified atom stereocenters. The first-order chi connectivity index (χ1) is 8.60. The Morgan fingerprint density at radius 2 is 2.28 bits per heavy atom. The highest BCUT2D eigenvalue weighted by Crippen LogP contribution is 2.24. The largest absolute Gasteiger partial charge is 0.380 e. The zero-order valence-corrected chi connectivity index (χ0v) is 11.7. The number of pyridine rings is 1. The number of aromatic nitrogens is 1. The van der Waals surface area contributed by atoms with Gasteiger partial charge in [0.2, 0.25) is 0 Å². The molecule has 0 fully saturated rings. The van der Waals surface area contributed by atoms with Crippen molar-refractivity contribution in [2.45, 2.75) is 26.8 Å². The molecule has 98 valence electrons. The maximum absolute atomic E-state index is 8.91. The summed E-state index contributed by atoms with van der Waals surface area (Å²) in [7, 11) is 0. The lowest BCUT2D eigenvalue weighted by atomic mass is 10.1. The van der Waals surface area contributed by atoms with Gasteiger partial charge in [-0.25, -0.2) is 4.98 Å². The first-order valence-corrected chi connectivity index (χ1v) is 6.36. The highest BCUT2D eigenvalue weighted by atomic mass is 35.5. The van der Waals surface area contributed by atoms with Gasteiger partial charge < -0.3 is 10.1 Å². The topological polar surface area (TPSA) is 57.9 Å². The molecule has 0 aromatic carbocycles. The number of anilines is 1. The van der Waals surface area contributed by atoms with Crippen LogP contribution in [0.5, 0.6) is 0 Å². The first kappa shape index (κ1) is 14.7. The third-order valence-electron chi connectivity index (χ3n) is 2.64. The number of hydrogen-bond acceptors (Lipinski definition) is 4. The number of hydrogen-bond donors (Lipinski definition) is 1. The molecule has 4 nitrogen and oxygen atoms in total. The molecule has 0 amide bonds. The summed E-state index contributed by atoms with van der Waals surface area (Å²) in [5.74, 6) is 0.911. The maximum Gasteiger partial charge on any atom is 0.146 e. The lowest BCUT2D eigenvalue weighted by molar-refractivity contribution is 0.126. The Bertz CT molecular complexity index is 429. The predicted molar refractivity (Wildman–Crippen MR) is 72.7 cm³/mol. The number of halogens is 1. The zero-order chi connectivity index (χ0) is 13.5. The van der Waals surface area contributed by atoms with Gasteiger partial charge in [0.15, 0.2) is 0 Å². The third-order valence-corrected chi connectivity index (χ3v) is 3.02. The van der Waals surface area contributed by atoms with E-state index in [9.17, 15) is 0 Å². The lowest BCUT2D eigenvalue weighted by Gasteiger charge is -2.23. The summed E-state index contributed by atoms with van der Waals surface area (Å²) in [6.07, 6.45) is 1.57. The Morgan fingerprint density at radius 3 is 2.83 bits per heavy atom. The van der Waals surface area contributed by atoms with Gasteiger partial charge in [0.1, 0.15) is 16.9 Å². The van der Waals surface area contributed by atoms with Gasteiger partial charge in [0.25, 0.3) is 0 Å². The van der Waals surface area contributed by atoms with Crippen molar-refractivity contribution in [3.05, 3.63) is 22.8 Å². The van der Waals surface area contributed by atoms with E-state index in [2.05, 4.69) is 24.1 Å². The van der Waals surface area contributed by atoms with Gasteiger partial charge in [-0.1, -0.05) is 25.4 Å². The number of nitrogens with one attached hydrogen (secondary N) is 1. The smallest absolute Gasteiger partial charge is 0.146 e. The maximum atomic E-state index is 8.91. The van der Waals surface area contributed by atoms with Crippen molar-refractivity contribution >= 4 is 17.4 Å². The van der Waals surface area contributed by atoms with E-state index in [0.29, 0.717) is 35.5 Å². The van der Waals surface area contributed by atoms with E-state index in [1.165, 1.54) is 0 Å². The molecule has 5 heteroatoms. The van der Waals surface area contributed by atoms with Gasteiger partial charge >= 0.3 is 0 Å². The number of ether oxygens (including phenoxy) is 1. The van der Waals surface area contributed by atoms with Crippen molar-refractivity contribution in [2.75, 3.05) is 18.5 Å². The molecular formula is C13H18ClN3O. The van der Waals surface area contributed by atoms with Crippen molar-refractivity contribution in [3.8, 4) is 6.07 Å². The Morgan fingerprint density at radius 1 is 1.56 bits per heavy atom. The van der Waals surface area contributed by atoms with E-state index in [1.807, 2.05) is 13.0 Å². The van der Waals surface area contributed by atoms with E-state index in [1.54, 1.807) is 12.3 Å². The molecule has 0 spiro atoms. The average Bonchev–Trinajstić information content (AvgIpc) is 2.36. The Kier molecular flexibility index (Phi) is 5.90. The van der Waals surface area contributed by atoms with Crippen LogP contribution in [0, 0.1) is 17.2 Å². The molecular weight excluding hydrogens is 250 g/mol. The van der Waals surface area contributed by atoms with Crippen molar-refractivity contribution in [2.24, 2.45) is 5.92 Å². The molecule has 1 aromatic heterocycles. The van der Waals surface area contributed by atoms with Crippen LogP contribution in [-0.4, -0.2) is 24.2 Å². The Labute approximate surface area is 113 Å². The summed E-state index contributed by atoms with van der Waals surface area (Å²) in [6, 6.07) is 3.75. The highest BCUT2D eigenvalue weighted by Gasteiger charge is 2.16. The molecule has 0 saturated carbocycles. The van der Waals surface area contributed by atoms with Crippen molar-refractivity contribution < 1.29 is 4.74 Å². The van der Waals surface area contributed by atoms with E-state index in [0.717, 1.165) is 0 Å². The monoisotopic (exact) mass is 267 g/mol. The van der Waals surface area contributed by atoms with Crippen LogP contribution in [0.1, 0.15) is 26.3 Å². The minimum Gasteiger partial charge on any atom is -0.380 e. The molecule has 0 saturated heterocycles. The normalized spacial score (nSPS) is 12.2. The van der Waals surface area contributed by atoms with Gasteiger partial charge in [-0.2, -0.15) is 5.26 Å². The van der Waals surface area contributed by atoms with Gasteiger partial charge in [-0.05, 0) is 18.9 Å². The van der Waals surface area contributed by atoms with E-state index >= 15 is 0 Å². The van der Waals surface area contributed by atoms with Crippen LogP contribution in [0.3, 0.4) is 0 Å². The molecule has 1 aromatic rings. The highest BCUT2D eigenvalue weighted by molar-refractivity contribution is 6.34. The fourth-order valence-electron chi connectivity index (χ4n) is 1.45. The van der Waals surface area contributed by atoms with Crippen LogP contribution >= 0.6 is 11.6 Å². The Balaban J connectivity index is 2.84. The first-order valence-electron chi connectivity index (χ1n) is 5.99. The summed E-state index contributed by atoms with van der Waals surface area (Å²) >= 11 is 6.10. The second-order valence-corrected chi connectivity index (χ2v) is 4.67. The van der Waals surface area contributed by atoms with Gasteiger partial charge in [0, 0.05) is 12.8 Å². The zero-order valence-electron chi connectivity index (χ0n) is 10.9. The molecule has 0 aliphatic heterocycles. The van der Waals surface area contributed by atoms with E-state index in [-0.39, 0.29) is 6.04 Å². The molecule has 1 N–H and O–H groups in total. The van der Waals surface area contributed by atoms with Crippen LogP contribution in [0.4, 0.5) is 5.82 Å². The Hall–Kier alpha value is -1.31. The molecule has 18 heavy (non-hydrogen) atoms. The molecule has 0 radical (unpaired) electrons. The van der Waals surface area contributed by atoms with Crippen molar-refractivity contribution in [1.29, 1.82) is 5.26 Å². The van der Waals surface area contributed by atoms with Gasteiger partial charge in [0.05, 0.1) is 18.2 Å². The number of nitriles is 1. The summed E-state index contributed by atoms with van der Waals surface area (Å²) in [5.41, 5.74) is 0.424. The SMILES string of the molecule is CCOCC(Nc1nccc(C#N)c1Cl)C(C)C. The van der Waals surface area contributed by atoms with Gasteiger partial charge in [-0.15, -0.1) is 0 Å². The second-order valence-electron chi connectivity index (χ2n) is 4.29. The van der Waals surface area contributed by atoms with Crippen LogP contribution in [-0.2, 0) is 4.74 Å². The summed E-state index contributed by atoms with van der Waals surface area (Å²) in [6.45, 7) is 7.41. The van der Waals surface area contributed by atoms with E-state index < -0.39 is 0 Å². The number of rotatable bonds is 6. The molecule has 1 heterocycles. The average molecular weight is 268 g/mol. The predicted octanol–water partition coefficient (Wildman–Crippen LogP) is 3.08. The van der Waals surface area contributed by atoms with Crippen LogP contribution in [0.2, 0.25) is 5.02 Å². The molecule has 0 aliphatic carbocycles. The standard InChI is InChI=1S/C13H18ClN3O/c1-4-18-8-11(9(2)3)17-13-12(14)10(7-15)5-6-16-13/h5-6,9,11H,4,8H2,1-3H3,(H,16,17). The summed E-state index contributed by atoms with van der Waals surface area (Å²) in [5, 5.41) is 12.5. The van der Waals surface area contributed by atoms with Crippen molar-refractivity contribution in [1.82, 2.24) is 4.98 Å². The fourth-order valence-corrected chi connectivity index (χ4v) is 1.66. The molecule has 1 rings (SSSR count). The van der Waals surface area contributed by atoms with E-state index in [4.69, 9.17) is 21.6 Å². The van der Waals surface area contributed by atoms with Crippen LogP contribution < -0.4 is 5.32 Å². The summed E-state index contributed by atoms with van der Waals surface area (Å²) in [4.78, 5) is 4.17. The van der Waals surface area contributed by atoms with Crippen molar-refractivity contribution in [3.63, 3.8) is 0 Å². The number of nitrogens with zero attached hydrogens (tertiary/aromatic N) is 2. The molecule has 1 atom stereocenters. The minimum absolute atomic E-state index is 0.115. The fraction of sp³-hybridized carbons (Fsp3) is 0.538. The molecule has 0 bridgehead atoms. The lowest BCUT2D eigenvalue weighted by Crippen LogP contribution is -2.31. The summed E-state index contributed by atoms with van der Waals surface area (Å²) < 4.78 is 5.43. The molecule has 0 aliphatic rings.